The first kappa shape index (κ1) is 18.4. The minimum Gasteiger partial charge on any atom is -0.378 e. The number of hydrogen-bond acceptors (Lipinski definition) is 4. The maximum atomic E-state index is 11.9. The number of benzene rings is 1. The van der Waals surface area contributed by atoms with Gasteiger partial charge in [0, 0.05) is 37.3 Å². The van der Waals surface area contributed by atoms with Crippen LogP contribution in [0.1, 0.15) is 17.5 Å². The van der Waals surface area contributed by atoms with Gasteiger partial charge in [0.1, 0.15) is 0 Å². The Labute approximate surface area is 148 Å². The molecule has 1 saturated heterocycles. The summed E-state index contributed by atoms with van der Waals surface area (Å²) in [5, 5.41) is 10.6. The Kier molecular flexibility index (Phi) is 7.24. The van der Waals surface area contributed by atoms with E-state index in [1.54, 1.807) is 6.20 Å². The lowest BCUT2D eigenvalue weighted by atomic mass is 10.2. The first-order valence-electron chi connectivity index (χ1n) is 7.93. The van der Waals surface area contributed by atoms with Gasteiger partial charge in [-0.1, -0.05) is 30.3 Å². The average molecular weight is 351 g/mol. The molecule has 0 saturated carbocycles. The van der Waals surface area contributed by atoms with Crippen molar-refractivity contribution in [3.05, 3.63) is 53.9 Å². The highest BCUT2D eigenvalue weighted by molar-refractivity contribution is 5.85. The molecule has 1 unspecified atom stereocenters. The number of ether oxygens (including phenoxy) is 1. The molecule has 1 amide bonds. The molecule has 2 N–H and O–H groups in total. The summed E-state index contributed by atoms with van der Waals surface area (Å²) >= 11 is 0. The summed E-state index contributed by atoms with van der Waals surface area (Å²) in [4.78, 5) is 11.9. The van der Waals surface area contributed by atoms with Gasteiger partial charge in [0.25, 0.3) is 0 Å². The molecule has 1 aromatic heterocycles. The minimum atomic E-state index is 0. The number of morpholine rings is 1. The van der Waals surface area contributed by atoms with E-state index < -0.39 is 0 Å². The molecule has 0 radical (unpaired) electrons. The molecule has 1 aliphatic heterocycles. The van der Waals surface area contributed by atoms with Crippen LogP contribution in [0, 0.1) is 0 Å². The molecule has 1 atom stereocenters. The van der Waals surface area contributed by atoms with Gasteiger partial charge in [-0.15, -0.1) is 12.4 Å². The first-order chi connectivity index (χ1) is 11.3. The van der Waals surface area contributed by atoms with Crippen LogP contribution in [0.15, 0.2) is 42.7 Å². The van der Waals surface area contributed by atoms with Gasteiger partial charge < -0.3 is 15.4 Å². The third-order valence-electron chi connectivity index (χ3n) is 3.79. The number of nitrogens with zero attached hydrogens (tertiary/aromatic N) is 2. The third-order valence-corrected chi connectivity index (χ3v) is 3.79. The van der Waals surface area contributed by atoms with E-state index >= 15 is 0 Å². The van der Waals surface area contributed by atoms with E-state index in [0.717, 1.165) is 25.3 Å². The minimum absolute atomic E-state index is 0. The Morgan fingerprint density at radius 1 is 1.33 bits per heavy atom. The highest BCUT2D eigenvalue weighted by Gasteiger charge is 2.16. The fourth-order valence-electron chi connectivity index (χ4n) is 2.60. The number of aromatic nitrogens is 2. The lowest BCUT2D eigenvalue weighted by molar-refractivity contribution is -0.122. The van der Waals surface area contributed by atoms with Crippen LogP contribution < -0.4 is 10.6 Å². The van der Waals surface area contributed by atoms with Crippen molar-refractivity contribution in [1.82, 2.24) is 20.4 Å². The SMILES string of the molecule is Cl.O=C(CC1COCCN1)NCc1cnn(Cc2ccccc2)c1. The first-order valence-corrected chi connectivity index (χ1v) is 7.93. The van der Waals surface area contributed by atoms with Crippen LogP contribution in [0.3, 0.4) is 0 Å². The lowest BCUT2D eigenvalue weighted by Gasteiger charge is -2.23. The Morgan fingerprint density at radius 2 is 2.17 bits per heavy atom. The zero-order valence-electron chi connectivity index (χ0n) is 13.5. The number of halogens is 1. The van der Waals surface area contributed by atoms with Crippen LogP contribution in [-0.4, -0.2) is 41.5 Å². The number of nitrogens with one attached hydrogen (secondary N) is 2. The van der Waals surface area contributed by atoms with Crippen LogP contribution in [0.2, 0.25) is 0 Å². The van der Waals surface area contributed by atoms with E-state index in [2.05, 4.69) is 27.9 Å². The van der Waals surface area contributed by atoms with Crippen molar-refractivity contribution in [3.8, 4) is 0 Å². The van der Waals surface area contributed by atoms with Crippen molar-refractivity contribution in [2.75, 3.05) is 19.8 Å². The van der Waals surface area contributed by atoms with Gasteiger partial charge in [-0.05, 0) is 5.56 Å². The molecule has 1 aliphatic rings. The molecule has 2 heterocycles. The molecule has 0 bridgehead atoms. The zero-order chi connectivity index (χ0) is 15.9. The summed E-state index contributed by atoms with van der Waals surface area (Å²) in [5.74, 6) is 0.0313. The fraction of sp³-hybridized carbons (Fsp3) is 0.412. The summed E-state index contributed by atoms with van der Waals surface area (Å²) in [5.41, 5.74) is 2.21. The number of hydrogen-bond donors (Lipinski definition) is 2. The topological polar surface area (TPSA) is 68.2 Å². The van der Waals surface area contributed by atoms with Crippen molar-refractivity contribution in [2.24, 2.45) is 0 Å². The predicted octanol–water partition coefficient (Wildman–Crippen LogP) is 1.35. The van der Waals surface area contributed by atoms with Crippen LogP contribution in [0.25, 0.3) is 0 Å². The second-order valence-electron chi connectivity index (χ2n) is 5.74. The molecule has 3 rings (SSSR count). The van der Waals surface area contributed by atoms with Gasteiger partial charge >= 0.3 is 0 Å². The summed E-state index contributed by atoms with van der Waals surface area (Å²) in [6.45, 7) is 3.37. The monoisotopic (exact) mass is 350 g/mol. The summed E-state index contributed by atoms with van der Waals surface area (Å²) < 4.78 is 7.23. The molecule has 6 nitrogen and oxygen atoms in total. The summed E-state index contributed by atoms with van der Waals surface area (Å²) in [6.07, 6.45) is 4.21. The van der Waals surface area contributed by atoms with Crippen molar-refractivity contribution < 1.29 is 9.53 Å². The van der Waals surface area contributed by atoms with Crippen LogP contribution >= 0.6 is 12.4 Å². The quantitative estimate of drug-likeness (QED) is 0.825. The van der Waals surface area contributed by atoms with E-state index in [1.807, 2.05) is 29.1 Å². The second kappa shape index (κ2) is 9.42. The Morgan fingerprint density at radius 3 is 2.92 bits per heavy atom. The van der Waals surface area contributed by atoms with Gasteiger partial charge in [-0.2, -0.15) is 5.10 Å². The molecule has 24 heavy (non-hydrogen) atoms. The standard InChI is InChI=1S/C17H22N4O2.ClH/c22-17(8-16-13-23-7-6-18-16)19-9-15-10-20-21(12-15)11-14-4-2-1-3-5-14;/h1-5,10,12,16,18H,6-9,11,13H2,(H,19,22);1H. The number of carbonyl (C=O) groups excluding carboxylic acids is 1. The number of carbonyl (C=O) groups is 1. The molecule has 2 aromatic rings. The van der Waals surface area contributed by atoms with Crippen LogP contribution in [-0.2, 0) is 22.6 Å². The van der Waals surface area contributed by atoms with E-state index in [0.29, 0.717) is 19.6 Å². The van der Waals surface area contributed by atoms with E-state index in [4.69, 9.17) is 4.74 Å². The summed E-state index contributed by atoms with van der Waals surface area (Å²) in [6, 6.07) is 10.3. The highest BCUT2D eigenvalue weighted by Crippen LogP contribution is 2.04. The second-order valence-corrected chi connectivity index (χ2v) is 5.74. The van der Waals surface area contributed by atoms with Gasteiger partial charge in [0.05, 0.1) is 26.0 Å². The predicted molar refractivity (Wildman–Crippen MR) is 94.1 cm³/mol. The molecule has 0 aliphatic carbocycles. The molecule has 0 spiro atoms. The maximum Gasteiger partial charge on any atom is 0.221 e. The lowest BCUT2D eigenvalue weighted by Crippen LogP contribution is -2.44. The van der Waals surface area contributed by atoms with Crippen molar-refractivity contribution in [1.29, 1.82) is 0 Å². The smallest absolute Gasteiger partial charge is 0.221 e. The number of amides is 1. The Hall–Kier alpha value is -1.89. The highest BCUT2D eigenvalue weighted by atomic mass is 35.5. The van der Waals surface area contributed by atoms with Gasteiger partial charge in [0.15, 0.2) is 0 Å². The molecule has 130 valence electrons. The van der Waals surface area contributed by atoms with Gasteiger partial charge in [-0.3, -0.25) is 9.48 Å². The maximum absolute atomic E-state index is 11.9. The van der Waals surface area contributed by atoms with Gasteiger partial charge in [0.2, 0.25) is 5.91 Å². The third kappa shape index (κ3) is 5.63. The molecular formula is C17H23ClN4O2. The summed E-state index contributed by atoms with van der Waals surface area (Å²) in [7, 11) is 0. The van der Waals surface area contributed by atoms with Crippen molar-refractivity contribution >= 4 is 18.3 Å². The molecular weight excluding hydrogens is 328 g/mol. The van der Waals surface area contributed by atoms with Crippen LogP contribution in [0.5, 0.6) is 0 Å². The zero-order valence-corrected chi connectivity index (χ0v) is 14.3. The largest absolute Gasteiger partial charge is 0.378 e. The fourth-order valence-corrected chi connectivity index (χ4v) is 2.60. The van der Waals surface area contributed by atoms with E-state index in [9.17, 15) is 4.79 Å². The molecule has 1 fully saturated rings. The van der Waals surface area contributed by atoms with E-state index in [1.165, 1.54) is 5.56 Å². The van der Waals surface area contributed by atoms with Crippen molar-refractivity contribution in [2.45, 2.75) is 25.6 Å². The van der Waals surface area contributed by atoms with Gasteiger partial charge in [-0.25, -0.2) is 0 Å². The molecule has 1 aromatic carbocycles. The average Bonchev–Trinajstić information content (AvgIpc) is 3.02. The Bertz CT molecular complexity index is 627. The van der Waals surface area contributed by atoms with Crippen molar-refractivity contribution in [3.63, 3.8) is 0 Å². The van der Waals surface area contributed by atoms with Crippen LogP contribution in [0.4, 0.5) is 0 Å². The molecule has 7 heteroatoms. The normalized spacial score (nSPS) is 17.1. The van der Waals surface area contributed by atoms with E-state index in [-0.39, 0.29) is 24.4 Å². The Balaban J connectivity index is 0.00000208. The number of rotatable bonds is 6.